The Kier molecular flexibility index (Phi) is 4.01. The van der Waals surface area contributed by atoms with Crippen molar-refractivity contribution < 1.29 is 9.53 Å². The van der Waals surface area contributed by atoms with E-state index in [1.165, 1.54) is 0 Å². The molecule has 4 rings (SSSR count). The summed E-state index contributed by atoms with van der Waals surface area (Å²) in [5.41, 5.74) is 7.79. The van der Waals surface area contributed by atoms with Crippen LogP contribution in [0.25, 0.3) is 11.1 Å². The number of rotatable bonds is 3. The van der Waals surface area contributed by atoms with Crippen LogP contribution in [0, 0.1) is 0 Å². The Bertz CT molecular complexity index is 747. The molecule has 2 aromatic rings. The second-order valence-electron chi connectivity index (χ2n) is 6.01. The van der Waals surface area contributed by atoms with E-state index >= 15 is 0 Å². The fourth-order valence-corrected chi connectivity index (χ4v) is 3.27. The summed E-state index contributed by atoms with van der Waals surface area (Å²) >= 11 is 0. The van der Waals surface area contributed by atoms with E-state index in [1.807, 2.05) is 36.4 Å². The third kappa shape index (κ3) is 2.78. The van der Waals surface area contributed by atoms with Crippen molar-refractivity contribution in [3.63, 3.8) is 0 Å². The molecule has 122 valence electrons. The van der Waals surface area contributed by atoms with E-state index in [0.717, 1.165) is 47.4 Å². The van der Waals surface area contributed by atoms with Crippen molar-refractivity contribution in [2.45, 2.75) is 18.9 Å². The van der Waals surface area contributed by atoms with Crippen molar-refractivity contribution in [1.29, 1.82) is 0 Å². The summed E-state index contributed by atoms with van der Waals surface area (Å²) in [6, 6.07) is 15.9. The van der Waals surface area contributed by atoms with Crippen molar-refractivity contribution in [2.75, 3.05) is 13.2 Å². The van der Waals surface area contributed by atoms with Crippen LogP contribution in [0.5, 0.6) is 0 Å². The van der Waals surface area contributed by atoms with E-state index in [-0.39, 0.29) is 12.1 Å². The minimum Gasteiger partial charge on any atom is -0.376 e. The van der Waals surface area contributed by atoms with Gasteiger partial charge in [-0.1, -0.05) is 48.5 Å². The van der Waals surface area contributed by atoms with E-state index in [4.69, 9.17) is 4.74 Å². The Morgan fingerprint density at radius 1 is 1.04 bits per heavy atom. The van der Waals surface area contributed by atoms with Gasteiger partial charge in [0.15, 0.2) is 0 Å². The van der Waals surface area contributed by atoms with Gasteiger partial charge in [-0.15, -0.1) is 0 Å². The fraction of sp³-hybridized carbons (Fsp3) is 0.263. The molecule has 0 spiro atoms. The number of carbonyl (C=O) groups excluding carboxylic acids is 1. The highest BCUT2D eigenvalue weighted by Crippen LogP contribution is 2.36. The average Bonchev–Trinajstić information content (AvgIpc) is 3.25. The summed E-state index contributed by atoms with van der Waals surface area (Å²) < 4.78 is 5.50. The lowest BCUT2D eigenvalue weighted by Crippen LogP contribution is -2.37. The van der Waals surface area contributed by atoms with Gasteiger partial charge in [-0.05, 0) is 24.0 Å². The predicted octanol–water partition coefficient (Wildman–Crippen LogP) is 2.90. The summed E-state index contributed by atoms with van der Waals surface area (Å²) in [5.74, 6) is 0. The first kappa shape index (κ1) is 14.9. The van der Waals surface area contributed by atoms with Gasteiger partial charge in [0.1, 0.15) is 0 Å². The monoisotopic (exact) mass is 321 g/mol. The first-order valence-corrected chi connectivity index (χ1v) is 8.25. The molecule has 1 fully saturated rings. The highest BCUT2D eigenvalue weighted by Gasteiger charge is 2.24. The maximum absolute atomic E-state index is 12.0. The second-order valence-corrected chi connectivity index (χ2v) is 6.01. The third-order valence-corrected chi connectivity index (χ3v) is 4.44. The SMILES string of the molecule is O=C(NC[C@H]1CCCO1)NN=C1c2ccccc2-c2ccccc21. The van der Waals surface area contributed by atoms with Gasteiger partial charge in [-0.25, -0.2) is 10.2 Å². The standard InChI is InChI=1S/C19H19N3O2/c23-19(20-12-13-6-5-11-24-13)22-21-18-16-9-3-1-7-14(16)15-8-2-4-10-17(15)18/h1-4,7-10,13H,5-6,11-12H2,(H2,20,22,23)/t13-/m1/s1. The molecule has 2 aromatic carbocycles. The number of hydrogen-bond donors (Lipinski definition) is 2. The lowest BCUT2D eigenvalue weighted by molar-refractivity contribution is 0.111. The van der Waals surface area contributed by atoms with Crippen LogP contribution in [0.3, 0.4) is 0 Å². The molecule has 1 saturated heterocycles. The van der Waals surface area contributed by atoms with Crippen LogP contribution in [0.2, 0.25) is 0 Å². The predicted molar refractivity (Wildman–Crippen MR) is 93.0 cm³/mol. The van der Waals surface area contributed by atoms with Crippen LogP contribution in [0.1, 0.15) is 24.0 Å². The van der Waals surface area contributed by atoms with Crippen molar-refractivity contribution in [3.8, 4) is 11.1 Å². The third-order valence-electron chi connectivity index (χ3n) is 4.44. The molecule has 2 amide bonds. The second kappa shape index (κ2) is 6.45. The van der Waals surface area contributed by atoms with Crippen molar-refractivity contribution in [1.82, 2.24) is 10.7 Å². The number of urea groups is 1. The molecule has 2 aliphatic rings. The van der Waals surface area contributed by atoms with Gasteiger partial charge >= 0.3 is 6.03 Å². The lowest BCUT2D eigenvalue weighted by atomic mass is 10.1. The van der Waals surface area contributed by atoms with Crippen LogP contribution in [-0.4, -0.2) is 31.0 Å². The van der Waals surface area contributed by atoms with Crippen LogP contribution in [-0.2, 0) is 4.74 Å². The Balaban J connectivity index is 1.50. The average molecular weight is 321 g/mol. The summed E-state index contributed by atoms with van der Waals surface area (Å²) in [6.45, 7) is 1.30. The summed E-state index contributed by atoms with van der Waals surface area (Å²) in [7, 11) is 0. The molecule has 5 heteroatoms. The van der Waals surface area contributed by atoms with Crippen LogP contribution in [0.15, 0.2) is 53.6 Å². The number of nitrogens with zero attached hydrogens (tertiary/aromatic N) is 1. The van der Waals surface area contributed by atoms with Gasteiger partial charge in [0, 0.05) is 24.3 Å². The van der Waals surface area contributed by atoms with Crippen molar-refractivity contribution >= 4 is 11.7 Å². The number of benzene rings is 2. The zero-order valence-electron chi connectivity index (χ0n) is 13.3. The molecule has 0 bridgehead atoms. The maximum atomic E-state index is 12.0. The van der Waals surface area contributed by atoms with Gasteiger partial charge < -0.3 is 10.1 Å². The number of ether oxygens (including phenoxy) is 1. The molecule has 1 aliphatic heterocycles. The largest absolute Gasteiger partial charge is 0.376 e. The highest BCUT2D eigenvalue weighted by molar-refractivity contribution is 6.24. The van der Waals surface area contributed by atoms with Crippen molar-refractivity contribution in [3.05, 3.63) is 59.7 Å². The Morgan fingerprint density at radius 2 is 1.67 bits per heavy atom. The normalized spacial score (nSPS) is 18.0. The lowest BCUT2D eigenvalue weighted by Gasteiger charge is -2.10. The molecule has 0 radical (unpaired) electrons. The molecule has 1 heterocycles. The van der Waals surface area contributed by atoms with E-state index in [0.29, 0.717) is 6.54 Å². The van der Waals surface area contributed by atoms with E-state index in [9.17, 15) is 4.79 Å². The van der Waals surface area contributed by atoms with Gasteiger partial charge in [0.25, 0.3) is 0 Å². The van der Waals surface area contributed by atoms with Crippen LogP contribution in [0.4, 0.5) is 4.79 Å². The van der Waals surface area contributed by atoms with E-state index in [1.54, 1.807) is 0 Å². The van der Waals surface area contributed by atoms with E-state index in [2.05, 4.69) is 28.0 Å². The summed E-state index contributed by atoms with van der Waals surface area (Å²) in [6.07, 6.45) is 2.18. The molecule has 1 atom stereocenters. The maximum Gasteiger partial charge on any atom is 0.335 e. The smallest absolute Gasteiger partial charge is 0.335 e. The summed E-state index contributed by atoms with van der Waals surface area (Å²) in [5, 5.41) is 7.18. The number of fused-ring (bicyclic) bond motifs is 3. The molecule has 0 saturated carbocycles. The number of carbonyl (C=O) groups is 1. The Hall–Kier alpha value is -2.66. The Morgan fingerprint density at radius 3 is 2.25 bits per heavy atom. The number of amides is 2. The zero-order chi connectivity index (χ0) is 16.4. The first-order valence-electron chi connectivity index (χ1n) is 8.25. The number of hydrogen-bond acceptors (Lipinski definition) is 3. The van der Waals surface area contributed by atoms with Gasteiger partial charge in [0.2, 0.25) is 0 Å². The highest BCUT2D eigenvalue weighted by atomic mass is 16.5. The van der Waals surface area contributed by atoms with Gasteiger partial charge in [0.05, 0.1) is 11.8 Å². The van der Waals surface area contributed by atoms with Crippen LogP contribution < -0.4 is 10.7 Å². The minimum atomic E-state index is -0.306. The van der Waals surface area contributed by atoms with Gasteiger partial charge in [-0.3, -0.25) is 0 Å². The molecule has 24 heavy (non-hydrogen) atoms. The first-order chi connectivity index (χ1) is 11.8. The molecule has 0 aromatic heterocycles. The topological polar surface area (TPSA) is 62.7 Å². The molecular formula is C19H19N3O2. The van der Waals surface area contributed by atoms with Gasteiger partial charge in [-0.2, -0.15) is 5.10 Å². The van der Waals surface area contributed by atoms with E-state index < -0.39 is 0 Å². The molecule has 5 nitrogen and oxygen atoms in total. The molecule has 1 aliphatic carbocycles. The number of hydrazone groups is 1. The quantitative estimate of drug-likeness (QED) is 0.729. The summed E-state index contributed by atoms with van der Waals surface area (Å²) in [4.78, 5) is 12.0. The zero-order valence-corrected chi connectivity index (χ0v) is 13.3. The molecular weight excluding hydrogens is 302 g/mol. The fourth-order valence-electron chi connectivity index (χ4n) is 3.27. The van der Waals surface area contributed by atoms with Crippen LogP contribution >= 0.6 is 0 Å². The molecule has 0 unspecified atom stereocenters. The molecule has 2 N–H and O–H groups in total. The minimum absolute atomic E-state index is 0.122. The van der Waals surface area contributed by atoms with Crippen molar-refractivity contribution in [2.24, 2.45) is 5.10 Å². The number of nitrogens with one attached hydrogen (secondary N) is 2. The Labute approximate surface area is 140 Å².